The van der Waals surface area contributed by atoms with E-state index in [1.165, 1.54) is 23.6 Å². The van der Waals surface area contributed by atoms with Crippen LogP contribution in [0, 0.1) is 0 Å². The molecule has 0 aromatic carbocycles. The molecule has 0 spiro atoms. The van der Waals surface area contributed by atoms with Crippen molar-refractivity contribution >= 4 is 23.3 Å². The minimum Gasteiger partial charge on any atom is -0.477 e. The van der Waals surface area contributed by atoms with Crippen LogP contribution in [0.15, 0.2) is 29.2 Å². The highest BCUT2D eigenvalue weighted by Crippen LogP contribution is 2.01. The third-order valence-electron chi connectivity index (χ3n) is 2.41. The predicted octanol–water partition coefficient (Wildman–Crippen LogP) is 1.24. The second-order valence-electron chi connectivity index (χ2n) is 3.87. The van der Waals surface area contributed by atoms with E-state index in [-0.39, 0.29) is 18.3 Å². The molecule has 0 aliphatic rings. The van der Waals surface area contributed by atoms with Gasteiger partial charge < -0.3 is 15.7 Å². The molecule has 2 aromatic heterocycles. The van der Waals surface area contributed by atoms with Gasteiger partial charge in [-0.2, -0.15) is 0 Å². The fraction of sp³-hybridized carbons (Fsp3) is 0.167. The average molecular weight is 292 g/mol. The van der Waals surface area contributed by atoms with E-state index in [1.54, 1.807) is 11.6 Å². The Kier molecular flexibility index (Phi) is 4.61. The van der Waals surface area contributed by atoms with Crippen molar-refractivity contribution < 1.29 is 14.7 Å². The first kappa shape index (κ1) is 13.9. The molecule has 0 aliphatic heterocycles. The minimum absolute atomic E-state index is 0.0262. The average Bonchev–Trinajstić information content (AvgIpc) is 2.96. The summed E-state index contributed by atoms with van der Waals surface area (Å²) in [5.41, 5.74) is 3.20. The topological polar surface area (TPSA) is 104 Å². The molecular weight excluding hydrogens is 280 g/mol. The second kappa shape index (κ2) is 6.62. The molecule has 0 radical (unpaired) electrons. The van der Waals surface area contributed by atoms with Gasteiger partial charge in [0.2, 0.25) is 0 Å². The molecule has 20 heavy (non-hydrogen) atoms. The molecule has 0 saturated heterocycles. The van der Waals surface area contributed by atoms with Crippen LogP contribution in [0.5, 0.6) is 0 Å². The fourth-order valence-electron chi connectivity index (χ4n) is 1.40. The van der Waals surface area contributed by atoms with Crippen LogP contribution in [0.2, 0.25) is 0 Å². The van der Waals surface area contributed by atoms with Crippen LogP contribution in [0.25, 0.3) is 0 Å². The van der Waals surface area contributed by atoms with Gasteiger partial charge in [0.1, 0.15) is 5.69 Å². The summed E-state index contributed by atoms with van der Waals surface area (Å²) < 4.78 is 0. The maximum absolute atomic E-state index is 11.5. The maximum atomic E-state index is 11.5. The van der Waals surface area contributed by atoms with Crippen molar-refractivity contribution in [1.29, 1.82) is 0 Å². The number of aromatic nitrogens is 2. The molecule has 104 valence electrons. The number of carboxylic acids is 1. The van der Waals surface area contributed by atoms with Crippen LogP contribution >= 0.6 is 11.3 Å². The standard InChI is InChI=1S/C12H12N4O3S/c17-11(18)10-2-1-8(3-13-10)4-14-12(19)15-5-9-6-20-7-16-9/h1-3,6-7H,4-5H2,(H,17,18)(H2,14,15,19). The first-order valence-electron chi connectivity index (χ1n) is 5.72. The molecule has 2 aromatic rings. The zero-order valence-electron chi connectivity index (χ0n) is 10.4. The molecule has 2 heterocycles. The highest BCUT2D eigenvalue weighted by Gasteiger charge is 2.05. The number of carbonyl (C=O) groups is 2. The number of nitrogens with zero attached hydrogens (tertiary/aromatic N) is 2. The van der Waals surface area contributed by atoms with E-state index in [9.17, 15) is 9.59 Å². The van der Waals surface area contributed by atoms with Crippen LogP contribution in [0.1, 0.15) is 21.7 Å². The first-order valence-corrected chi connectivity index (χ1v) is 6.66. The molecule has 0 aliphatic carbocycles. The monoisotopic (exact) mass is 292 g/mol. The van der Waals surface area contributed by atoms with Crippen LogP contribution in [-0.4, -0.2) is 27.1 Å². The maximum Gasteiger partial charge on any atom is 0.354 e. The van der Waals surface area contributed by atoms with Crippen molar-refractivity contribution in [3.63, 3.8) is 0 Å². The molecular formula is C12H12N4O3S. The van der Waals surface area contributed by atoms with Crippen LogP contribution in [-0.2, 0) is 13.1 Å². The summed E-state index contributed by atoms with van der Waals surface area (Å²) in [6.07, 6.45) is 1.42. The predicted molar refractivity (Wildman–Crippen MR) is 72.4 cm³/mol. The summed E-state index contributed by atoms with van der Waals surface area (Å²) in [5, 5.41) is 15.9. The number of aromatic carboxylic acids is 1. The molecule has 0 bridgehead atoms. The van der Waals surface area contributed by atoms with Crippen molar-refractivity contribution in [2.45, 2.75) is 13.1 Å². The van der Waals surface area contributed by atoms with Crippen molar-refractivity contribution in [3.8, 4) is 0 Å². The molecule has 0 saturated carbocycles. The molecule has 2 rings (SSSR count). The lowest BCUT2D eigenvalue weighted by Crippen LogP contribution is -2.34. The number of hydrogen-bond donors (Lipinski definition) is 3. The number of urea groups is 1. The van der Waals surface area contributed by atoms with Crippen molar-refractivity contribution in [2.75, 3.05) is 0 Å². The quantitative estimate of drug-likeness (QED) is 0.769. The highest BCUT2D eigenvalue weighted by atomic mass is 32.1. The normalized spacial score (nSPS) is 10.0. The van der Waals surface area contributed by atoms with Gasteiger partial charge in [-0.1, -0.05) is 6.07 Å². The SMILES string of the molecule is O=C(NCc1ccc(C(=O)O)nc1)NCc1cscn1. The van der Waals surface area contributed by atoms with E-state index in [4.69, 9.17) is 5.11 Å². The Balaban J connectivity index is 1.76. The van der Waals surface area contributed by atoms with Crippen LogP contribution < -0.4 is 10.6 Å². The van der Waals surface area contributed by atoms with Gasteiger partial charge in [-0.15, -0.1) is 11.3 Å². The van der Waals surface area contributed by atoms with Gasteiger partial charge in [0.05, 0.1) is 17.7 Å². The van der Waals surface area contributed by atoms with E-state index in [1.807, 2.05) is 5.38 Å². The molecule has 0 atom stereocenters. The van der Waals surface area contributed by atoms with Crippen molar-refractivity contribution in [1.82, 2.24) is 20.6 Å². The van der Waals surface area contributed by atoms with E-state index < -0.39 is 5.97 Å². The molecule has 0 fully saturated rings. The summed E-state index contributed by atoms with van der Waals surface area (Å²) >= 11 is 1.47. The first-order chi connectivity index (χ1) is 9.65. The van der Waals surface area contributed by atoms with Gasteiger partial charge in [0, 0.05) is 18.1 Å². The number of thiazole rings is 1. The Hall–Kier alpha value is -2.48. The molecule has 7 nitrogen and oxygen atoms in total. The lowest BCUT2D eigenvalue weighted by Gasteiger charge is -2.06. The number of carbonyl (C=O) groups excluding carboxylic acids is 1. The largest absolute Gasteiger partial charge is 0.477 e. The smallest absolute Gasteiger partial charge is 0.354 e. The number of amides is 2. The lowest BCUT2D eigenvalue weighted by molar-refractivity contribution is 0.0690. The van der Waals surface area contributed by atoms with Crippen LogP contribution in [0.3, 0.4) is 0 Å². The van der Waals surface area contributed by atoms with Gasteiger partial charge in [-0.3, -0.25) is 0 Å². The fourth-order valence-corrected chi connectivity index (χ4v) is 1.95. The third-order valence-corrected chi connectivity index (χ3v) is 3.05. The number of nitrogens with one attached hydrogen (secondary N) is 2. The Morgan fingerprint density at radius 1 is 1.20 bits per heavy atom. The van der Waals surface area contributed by atoms with E-state index in [0.717, 1.165) is 11.3 Å². The summed E-state index contributed by atoms with van der Waals surface area (Å²) in [6, 6.07) is 2.68. The van der Waals surface area contributed by atoms with Gasteiger partial charge >= 0.3 is 12.0 Å². The minimum atomic E-state index is -1.08. The van der Waals surface area contributed by atoms with Crippen molar-refractivity contribution in [3.05, 3.63) is 46.2 Å². The highest BCUT2D eigenvalue weighted by molar-refractivity contribution is 7.07. The van der Waals surface area contributed by atoms with Gasteiger partial charge in [0.15, 0.2) is 0 Å². The number of carboxylic acid groups (broad SMARTS) is 1. The summed E-state index contributed by atoms with van der Waals surface area (Å²) in [5.74, 6) is -1.08. The van der Waals surface area contributed by atoms with Gasteiger partial charge in [0.25, 0.3) is 0 Å². The Labute approximate surface area is 118 Å². The molecule has 8 heteroatoms. The van der Waals surface area contributed by atoms with Gasteiger partial charge in [-0.25, -0.2) is 19.6 Å². The zero-order chi connectivity index (χ0) is 14.4. The number of rotatable bonds is 5. The van der Waals surface area contributed by atoms with Crippen LogP contribution in [0.4, 0.5) is 4.79 Å². The van der Waals surface area contributed by atoms with Gasteiger partial charge in [-0.05, 0) is 11.6 Å². The Morgan fingerprint density at radius 2 is 2.00 bits per heavy atom. The zero-order valence-corrected chi connectivity index (χ0v) is 11.2. The van der Waals surface area contributed by atoms with E-state index in [2.05, 4.69) is 20.6 Å². The Bertz CT molecular complexity index is 583. The Morgan fingerprint density at radius 3 is 2.60 bits per heavy atom. The number of pyridine rings is 1. The summed E-state index contributed by atoms with van der Waals surface area (Å²) in [4.78, 5) is 30.0. The second-order valence-corrected chi connectivity index (χ2v) is 4.59. The number of hydrogen-bond acceptors (Lipinski definition) is 5. The lowest BCUT2D eigenvalue weighted by atomic mass is 10.2. The summed E-state index contributed by atoms with van der Waals surface area (Å²) in [6.45, 7) is 0.640. The van der Waals surface area contributed by atoms with E-state index in [0.29, 0.717) is 6.54 Å². The molecule has 3 N–H and O–H groups in total. The van der Waals surface area contributed by atoms with Crippen molar-refractivity contribution in [2.24, 2.45) is 0 Å². The molecule has 0 unspecified atom stereocenters. The molecule has 2 amide bonds. The van der Waals surface area contributed by atoms with E-state index >= 15 is 0 Å². The summed E-state index contributed by atoms with van der Waals surface area (Å²) in [7, 11) is 0. The third kappa shape index (κ3) is 4.02.